The highest BCUT2D eigenvalue weighted by molar-refractivity contribution is 7.99. The number of carbonyl (C=O) groups excluding carboxylic acids is 2. The minimum Gasteiger partial charge on any atom is -0.354 e. The highest BCUT2D eigenvalue weighted by atomic mass is 35.5. The van der Waals surface area contributed by atoms with Gasteiger partial charge < -0.3 is 10.2 Å². The quantitative estimate of drug-likeness (QED) is 0.511. The van der Waals surface area contributed by atoms with Crippen LogP contribution in [0, 0.1) is 5.82 Å². The van der Waals surface area contributed by atoms with Crippen LogP contribution in [-0.2, 0) is 21.9 Å². The minimum absolute atomic E-state index is 0.173. The van der Waals surface area contributed by atoms with Gasteiger partial charge in [-0.25, -0.2) is 4.39 Å². The number of halogens is 3. The molecule has 1 atom stereocenters. The first-order chi connectivity index (χ1) is 14.3. The van der Waals surface area contributed by atoms with Crippen molar-refractivity contribution < 1.29 is 14.0 Å². The average Bonchev–Trinajstić information content (AvgIpc) is 2.72. The number of amides is 2. The van der Waals surface area contributed by atoms with Crippen LogP contribution in [-0.4, -0.2) is 35.1 Å². The van der Waals surface area contributed by atoms with Crippen LogP contribution in [0.4, 0.5) is 4.39 Å². The van der Waals surface area contributed by atoms with Gasteiger partial charge >= 0.3 is 0 Å². The van der Waals surface area contributed by atoms with Crippen LogP contribution in [0.3, 0.4) is 0 Å². The molecule has 0 spiro atoms. The molecule has 2 amide bonds. The summed E-state index contributed by atoms with van der Waals surface area (Å²) < 4.78 is 13.2. The molecule has 162 valence electrons. The maximum absolute atomic E-state index is 13.2. The maximum Gasteiger partial charge on any atom is 0.242 e. The van der Waals surface area contributed by atoms with E-state index in [4.69, 9.17) is 23.2 Å². The van der Waals surface area contributed by atoms with Gasteiger partial charge in [-0.1, -0.05) is 48.3 Å². The van der Waals surface area contributed by atoms with E-state index in [1.165, 1.54) is 28.8 Å². The first-order valence-electron chi connectivity index (χ1n) is 9.65. The van der Waals surface area contributed by atoms with Crippen LogP contribution in [0.5, 0.6) is 0 Å². The molecule has 2 rings (SSSR count). The highest BCUT2D eigenvalue weighted by Crippen LogP contribution is 2.25. The van der Waals surface area contributed by atoms with Gasteiger partial charge in [0.25, 0.3) is 0 Å². The number of nitrogens with zero attached hydrogens (tertiary/aromatic N) is 1. The van der Waals surface area contributed by atoms with E-state index < -0.39 is 6.04 Å². The minimum atomic E-state index is -0.645. The third kappa shape index (κ3) is 7.49. The Hall–Kier alpha value is -1.76. The van der Waals surface area contributed by atoms with Crippen LogP contribution in [0.15, 0.2) is 42.5 Å². The smallest absolute Gasteiger partial charge is 0.242 e. The summed E-state index contributed by atoms with van der Waals surface area (Å²) in [5.41, 5.74) is 1.64. The fourth-order valence-electron chi connectivity index (χ4n) is 2.73. The zero-order valence-electron chi connectivity index (χ0n) is 17.0. The molecule has 0 unspecified atom stereocenters. The summed E-state index contributed by atoms with van der Waals surface area (Å²) in [6, 6.07) is 10.5. The van der Waals surface area contributed by atoms with Gasteiger partial charge in [0, 0.05) is 28.9 Å². The van der Waals surface area contributed by atoms with Gasteiger partial charge in [-0.05, 0) is 48.7 Å². The molecule has 0 bridgehead atoms. The molecular formula is C22H25Cl2FN2O2S. The van der Waals surface area contributed by atoms with Crippen molar-refractivity contribution in [2.24, 2.45) is 0 Å². The summed E-state index contributed by atoms with van der Waals surface area (Å²) in [5.74, 6) is 0.000970. The number of thioether (sulfide) groups is 1. The monoisotopic (exact) mass is 470 g/mol. The van der Waals surface area contributed by atoms with Crippen molar-refractivity contribution in [2.75, 3.05) is 12.3 Å². The summed E-state index contributed by atoms with van der Waals surface area (Å²) in [4.78, 5) is 26.9. The van der Waals surface area contributed by atoms with Gasteiger partial charge in [0.15, 0.2) is 0 Å². The number of benzene rings is 2. The van der Waals surface area contributed by atoms with E-state index >= 15 is 0 Å². The summed E-state index contributed by atoms with van der Waals surface area (Å²) in [6.45, 7) is 4.44. The van der Waals surface area contributed by atoms with E-state index in [0.717, 1.165) is 17.5 Å². The molecule has 30 heavy (non-hydrogen) atoms. The van der Waals surface area contributed by atoms with Gasteiger partial charge in [-0.2, -0.15) is 0 Å². The molecular weight excluding hydrogens is 446 g/mol. The fraction of sp³-hybridized carbons (Fsp3) is 0.364. The number of nitrogens with one attached hydrogen (secondary N) is 1. The molecule has 0 aromatic heterocycles. The molecule has 2 aromatic carbocycles. The van der Waals surface area contributed by atoms with Crippen LogP contribution >= 0.6 is 35.0 Å². The topological polar surface area (TPSA) is 49.4 Å². The average molecular weight is 471 g/mol. The molecule has 1 N–H and O–H groups in total. The normalized spacial score (nSPS) is 11.8. The number of carbonyl (C=O) groups is 2. The molecule has 0 radical (unpaired) electrons. The second-order valence-electron chi connectivity index (χ2n) is 6.84. The van der Waals surface area contributed by atoms with E-state index in [9.17, 15) is 14.0 Å². The summed E-state index contributed by atoms with van der Waals surface area (Å²) in [5, 5.41) is 3.94. The van der Waals surface area contributed by atoms with E-state index in [2.05, 4.69) is 5.32 Å². The molecule has 0 aliphatic heterocycles. The number of rotatable bonds is 10. The van der Waals surface area contributed by atoms with E-state index in [1.54, 1.807) is 31.2 Å². The molecule has 0 aliphatic carbocycles. The van der Waals surface area contributed by atoms with Gasteiger partial charge in [-0.15, -0.1) is 11.8 Å². The van der Waals surface area contributed by atoms with Gasteiger partial charge in [0.2, 0.25) is 11.8 Å². The van der Waals surface area contributed by atoms with Crippen molar-refractivity contribution in [3.63, 3.8) is 0 Å². The van der Waals surface area contributed by atoms with Crippen LogP contribution < -0.4 is 5.32 Å². The zero-order valence-corrected chi connectivity index (χ0v) is 19.3. The number of hydrogen-bond donors (Lipinski definition) is 1. The number of hydrogen-bond acceptors (Lipinski definition) is 3. The molecule has 8 heteroatoms. The van der Waals surface area contributed by atoms with Crippen LogP contribution in [0.25, 0.3) is 0 Å². The first kappa shape index (κ1) is 24.5. The Kier molecular flexibility index (Phi) is 9.95. The molecule has 0 fully saturated rings. The summed E-state index contributed by atoms with van der Waals surface area (Å²) >= 11 is 13.5. The van der Waals surface area contributed by atoms with Gasteiger partial charge in [0.05, 0.1) is 5.75 Å². The molecule has 4 nitrogen and oxygen atoms in total. The van der Waals surface area contributed by atoms with Crippen molar-refractivity contribution in [2.45, 2.75) is 38.6 Å². The third-order valence-corrected chi connectivity index (χ3v) is 6.03. The molecule has 0 saturated carbocycles. The first-order valence-corrected chi connectivity index (χ1v) is 11.6. The van der Waals surface area contributed by atoms with E-state index in [-0.39, 0.29) is 29.9 Å². The maximum atomic E-state index is 13.2. The van der Waals surface area contributed by atoms with Crippen molar-refractivity contribution in [1.82, 2.24) is 10.2 Å². The SMILES string of the molecule is CCCNC(=O)[C@H](C)N(Cc1ccc(F)cc1)C(=O)CSCc1ccc(Cl)cc1Cl. The Morgan fingerprint density at radius 2 is 1.87 bits per heavy atom. The van der Waals surface area contributed by atoms with E-state index in [0.29, 0.717) is 22.3 Å². The molecule has 0 heterocycles. The van der Waals surface area contributed by atoms with Crippen molar-refractivity contribution in [1.29, 1.82) is 0 Å². The molecule has 0 aliphatic rings. The second kappa shape index (κ2) is 12.2. The lowest BCUT2D eigenvalue weighted by Gasteiger charge is -2.28. The lowest BCUT2D eigenvalue weighted by Crippen LogP contribution is -2.48. The van der Waals surface area contributed by atoms with Crippen LogP contribution in [0.2, 0.25) is 10.0 Å². The standard InChI is InChI=1S/C22H25Cl2FN2O2S/c1-3-10-26-22(29)15(2)27(12-16-4-8-19(25)9-5-16)21(28)14-30-13-17-6-7-18(23)11-20(17)24/h4-9,11,15H,3,10,12-14H2,1-2H3,(H,26,29)/t15-/m0/s1. The largest absolute Gasteiger partial charge is 0.354 e. The Morgan fingerprint density at radius 1 is 1.17 bits per heavy atom. The second-order valence-corrected chi connectivity index (χ2v) is 8.67. The van der Waals surface area contributed by atoms with Crippen molar-refractivity contribution in [3.8, 4) is 0 Å². The predicted octanol–water partition coefficient (Wildman–Crippen LogP) is 5.31. The van der Waals surface area contributed by atoms with Gasteiger partial charge in [0.1, 0.15) is 11.9 Å². The van der Waals surface area contributed by atoms with Crippen molar-refractivity contribution in [3.05, 3.63) is 69.5 Å². The third-order valence-electron chi connectivity index (χ3n) is 4.48. The lowest BCUT2D eigenvalue weighted by molar-refractivity contribution is -0.138. The summed E-state index contributed by atoms with van der Waals surface area (Å²) in [6.07, 6.45) is 0.808. The molecule has 2 aromatic rings. The van der Waals surface area contributed by atoms with Crippen LogP contribution in [0.1, 0.15) is 31.4 Å². The fourth-order valence-corrected chi connectivity index (χ4v) is 4.20. The van der Waals surface area contributed by atoms with E-state index in [1.807, 2.05) is 13.0 Å². The Labute approximate surface area is 191 Å². The lowest BCUT2D eigenvalue weighted by atomic mass is 10.1. The Balaban J connectivity index is 2.06. The molecule has 0 saturated heterocycles. The Bertz CT molecular complexity index is 865. The Morgan fingerprint density at radius 3 is 2.50 bits per heavy atom. The predicted molar refractivity (Wildman–Crippen MR) is 122 cm³/mol. The van der Waals surface area contributed by atoms with Crippen molar-refractivity contribution >= 4 is 46.8 Å². The highest BCUT2D eigenvalue weighted by Gasteiger charge is 2.25. The van der Waals surface area contributed by atoms with Gasteiger partial charge in [-0.3, -0.25) is 9.59 Å². The summed E-state index contributed by atoms with van der Waals surface area (Å²) in [7, 11) is 0. The zero-order chi connectivity index (χ0) is 22.1.